The van der Waals surface area contributed by atoms with E-state index < -0.39 is 0 Å². The predicted molar refractivity (Wildman–Crippen MR) is 88.9 cm³/mol. The van der Waals surface area contributed by atoms with Crippen LogP contribution >= 0.6 is 11.8 Å². The molecular weight excluding hydrogens is 312 g/mol. The van der Waals surface area contributed by atoms with Gasteiger partial charge in [-0.2, -0.15) is 0 Å². The maximum absolute atomic E-state index is 11.9. The zero-order valence-corrected chi connectivity index (χ0v) is 14.4. The summed E-state index contributed by atoms with van der Waals surface area (Å²) in [6, 6.07) is 3.74. The number of carbonyl (C=O) groups is 1. The number of rotatable bonds is 6. The molecule has 124 valence electrons. The number of hydrogen-bond donors (Lipinski definition) is 0. The minimum atomic E-state index is 0.241. The second-order valence-electron chi connectivity index (χ2n) is 6.18. The van der Waals surface area contributed by atoms with Crippen molar-refractivity contribution in [2.45, 2.75) is 44.8 Å². The molecule has 23 heavy (non-hydrogen) atoms. The molecule has 1 saturated heterocycles. The number of nitrogens with zero attached hydrogens (tertiary/aromatic N) is 4. The fraction of sp³-hybridized carbons (Fsp3) is 0.562. The van der Waals surface area contributed by atoms with Crippen LogP contribution < -0.4 is 0 Å². The zero-order valence-electron chi connectivity index (χ0n) is 13.6. The molecule has 1 aliphatic rings. The fourth-order valence-corrected chi connectivity index (χ4v) is 3.61. The Balaban J connectivity index is 1.77. The Morgan fingerprint density at radius 3 is 2.91 bits per heavy atom. The maximum Gasteiger partial charge on any atom is 0.223 e. The van der Waals surface area contributed by atoms with Crippen molar-refractivity contribution in [1.82, 2.24) is 19.7 Å². The van der Waals surface area contributed by atoms with Crippen LogP contribution in [0, 0.1) is 5.92 Å². The van der Waals surface area contributed by atoms with E-state index in [4.69, 9.17) is 4.42 Å². The quantitative estimate of drug-likeness (QED) is 0.759. The van der Waals surface area contributed by atoms with E-state index in [0.29, 0.717) is 18.2 Å². The van der Waals surface area contributed by atoms with Gasteiger partial charge in [-0.1, -0.05) is 25.6 Å². The summed E-state index contributed by atoms with van der Waals surface area (Å²) in [7, 11) is 0. The third-order valence-corrected chi connectivity index (χ3v) is 4.78. The van der Waals surface area contributed by atoms with Crippen LogP contribution in [0.1, 0.15) is 33.1 Å². The van der Waals surface area contributed by atoms with E-state index in [1.54, 1.807) is 18.0 Å². The summed E-state index contributed by atoms with van der Waals surface area (Å²) in [6.07, 6.45) is 4.40. The van der Waals surface area contributed by atoms with Crippen LogP contribution in [0.15, 0.2) is 28.0 Å². The second-order valence-corrected chi connectivity index (χ2v) is 7.09. The molecule has 0 saturated carbocycles. The highest BCUT2D eigenvalue weighted by molar-refractivity contribution is 7.99. The van der Waals surface area contributed by atoms with Crippen LogP contribution in [0.5, 0.6) is 0 Å². The number of furan rings is 1. The van der Waals surface area contributed by atoms with Gasteiger partial charge >= 0.3 is 0 Å². The van der Waals surface area contributed by atoms with Gasteiger partial charge in [0.1, 0.15) is 0 Å². The number of hydrogen-bond acceptors (Lipinski definition) is 5. The molecule has 0 N–H and O–H groups in total. The van der Waals surface area contributed by atoms with Gasteiger partial charge in [-0.3, -0.25) is 9.36 Å². The smallest absolute Gasteiger partial charge is 0.223 e. The molecule has 0 atom stereocenters. The first kappa shape index (κ1) is 16.1. The van der Waals surface area contributed by atoms with E-state index in [0.717, 1.165) is 42.7 Å². The van der Waals surface area contributed by atoms with Crippen molar-refractivity contribution in [2.24, 2.45) is 5.92 Å². The minimum absolute atomic E-state index is 0.241. The Labute approximate surface area is 140 Å². The molecule has 0 unspecified atom stereocenters. The van der Waals surface area contributed by atoms with E-state index in [1.807, 2.05) is 17.0 Å². The van der Waals surface area contributed by atoms with Crippen LogP contribution in [-0.4, -0.2) is 38.0 Å². The monoisotopic (exact) mass is 334 g/mol. The van der Waals surface area contributed by atoms with Gasteiger partial charge in [-0.15, -0.1) is 10.2 Å². The number of thioether (sulfide) groups is 1. The Morgan fingerprint density at radius 2 is 2.22 bits per heavy atom. The number of likely N-dealkylation sites (tertiary alicyclic amines) is 1. The van der Waals surface area contributed by atoms with Gasteiger partial charge in [0, 0.05) is 19.5 Å². The molecule has 3 rings (SSSR count). The lowest BCUT2D eigenvalue weighted by Crippen LogP contribution is -2.34. The van der Waals surface area contributed by atoms with Gasteiger partial charge in [0.2, 0.25) is 5.91 Å². The summed E-state index contributed by atoms with van der Waals surface area (Å²) in [5.74, 6) is 2.81. The molecule has 1 aliphatic heterocycles. The van der Waals surface area contributed by atoms with E-state index in [-0.39, 0.29) is 5.91 Å². The average Bonchev–Trinajstić information content (AvgIpc) is 3.16. The molecule has 0 spiro atoms. The Bertz CT molecular complexity index is 651. The SMILES string of the molecule is CC(C)Cn1c(SCN2CCCCC2=O)nnc1-c1ccco1. The summed E-state index contributed by atoms with van der Waals surface area (Å²) < 4.78 is 7.56. The molecular formula is C16H22N4O2S. The largest absolute Gasteiger partial charge is 0.461 e. The van der Waals surface area contributed by atoms with Gasteiger partial charge in [-0.25, -0.2) is 0 Å². The molecule has 0 aromatic carbocycles. The van der Waals surface area contributed by atoms with Gasteiger partial charge in [-0.05, 0) is 30.9 Å². The first-order valence-electron chi connectivity index (χ1n) is 8.03. The Morgan fingerprint density at radius 1 is 1.35 bits per heavy atom. The summed E-state index contributed by atoms with van der Waals surface area (Å²) in [4.78, 5) is 13.8. The molecule has 2 aromatic heterocycles. The standard InChI is InChI=1S/C16H22N4O2S/c1-12(2)10-20-15(13-6-5-9-22-13)17-18-16(20)23-11-19-8-4-3-7-14(19)21/h5-6,9,12H,3-4,7-8,10-11H2,1-2H3. The van der Waals surface area contributed by atoms with Gasteiger partial charge in [0.05, 0.1) is 12.1 Å². The van der Waals surface area contributed by atoms with Crippen molar-refractivity contribution in [1.29, 1.82) is 0 Å². The lowest BCUT2D eigenvalue weighted by molar-refractivity contribution is -0.132. The second kappa shape index (κ2) is 7.21. The summed E-state index contributed by atoms with van der Waals surface area (Å²) >= 11 is 1.57. The van der Waals surface area contributed by atoms with Crippen LogP contribution in [0.3, 0.4) is 0 Å². The normalized spacial score (nSPS) is 15.6. The maximum atomic E-state index is 11.9. The molecule has 2 aromatic rings. The van der Waals surface area contributed by atoms with E-state index in [2.05, 4.69) is 28.6 Å². The molecule has 1 fully saturated rings. The van der Waals surface area contributed by atoms with Crippen molar-refractivity contribution >= 4 is 17.7 Å². The van der Waals surface area contributed by atoms with Crippen LogP contribution in [-0.2, 0) is 11.3 Å². The van der Waals surface area contributed by atoms with Crippen LogP contribution in [0.4, 0.5) is 0 Å². The van der Waals surface area contributed by atoms with Crippen LogP contribution in [0.2, 0.25) is 0 Å². The average molecular weight is 334 g/mol. The van der Waals surface area contributed by atoms with Crippen LogP contribution in [0.25, 0.3) is 11.6 Å². The molecule has 0 aliphatic carbocycles. The summed E-state index contributed by atoms with van der Waals surface area (Å²) in [5.41, 5.74) is 0. The Hall–Kier alpha value is -1.76. The van der Waals surface area contributed by atoms with Gasteiger partial charge in [0.15, 0.2) is 16.7 Å². The highest BCUT2D eigenvalue weighted by Gasteiger charge is 2.21. The van der Waals surface area contributed by atoms with Crippen molar-refractivity contribution < 1.29 is 9.21 Å². The van der Waals surface area contributed by atoms with E-state index in [9.17, 15) is 4.79 Å². The molecule has 0 radical (unpaired) electrons. The lowest BCUT2D eigenvalue weighted by atomic mass is 10.1. The van der Waals surface area contributed by atoms with E-state index in [1.165, 1.54) is 0 Å². The first-order valence-corrected chi connectivity index (χ1v) is 9.01. The summed E-state index contributed by atoms with van der Waals surface area (Å²) in [6.45, 7) is 5.98. The minimum Gasteiger partial charge on any atom is -0.461 e. The number of piperidine rings is 1. The van der Waals surface area contributed by atoms with Gasteiger partial charge < -0.3 is 9.32 Å². The molecule has 7 heteroatoms. The van der Waals surface area contributed by atoms with Crippen molar-refractivity contribution in [3.8, 4) is 11.6 Å². The number of amides is 1. The highest BCUT2D eigenvalue weighted by Crippen LogP contribution is 2.26. The lowest BCUT2D eigenvalue weighted by Gasteiger charge is -2.26. The Kier molecular flexibility index (Phi) is 5.05. The zero-order chi connectivity index (χ0) is 16.2. The summed E-state index contributed by atoms with van der Waals surface area (Å²) in [5, 5.41) is 9.44. The first-order chi connectivity index (χ1) is 11.1. The van der Waals surface area contributed by atoms with Gasteiger partial charge in [0.25, 0.3) is 0 Å². The third-order valence-electron chi connectivity index (χ3n) is 3.78. The number of aromatic nitrogens is 3. The topological polar surface area (TPSA) is 64.2 Å². The van der Waals surface area contributed by atoms with Crippen molar-refractivity contribution in [3.05, 3.63) is 18.4 Å². The van der Waals surface area contributed by atoms with E-state index >= 15 is 0 Å². The van der Waals surface area contributed by atoms with Crippen molar-refractivity contribution in [3.63, 3.8) is 0 Å². The fourth-order valence-electron chi connectivity index (χ4n) is 2.65. The highest BCUT2D eigenvalue weighted by atomic mass is 32.2. The molecule has 0 bridgehead atoms. The van der Waals surface area contributed by atoms with Crippen molar-refractivity contribution in [2.75, 3.05) is 12.4 Å². The molecule has 6 nitrogen and oxygen atoms in total. The molecule has 1 amide bonds. The predicted octanol–water partition coefficient (Wildman–Crippen LogP) is 3.26. The number of carbonyl (C=O) groups excluding carboxylic acids is 1. The third kappa shape index (κ3) is 3.77. The molecule has 3 heterocycles.